The second-order valence-corrected chi connectivity index (χ2v) is 11.7. The molecule has 3 aromatic rings. The van der Waals surface area contributed by atoms with E-state index in [2.05, 4.69) is 15.6 Å². The third-order valence-corrected chi connectivity index (χ3v) is 8.75. The van der Waals surface area contributed by atoms with Crippen molar-refractivity contribution in [3.63, 3.8) is 0 Å². The van der Waals surface area contributed by atoms with Crippen molar-refractivity contribution in [2.45, 2.75) is 62.2 Å². The number of hydrogen-bond acceptors (Lipinski definition) is 6. The summed E-state index contributed by atoms with van der Waals surface area (Å²) in [5.74, 6) is -1.59. The Kier molecular flexibility index (Phi) is 9.69. The molecule has 1 aromatic heterocycles. The van der Waals surface area contributed by atoms with E-state index >= 15 is 0 Å². The van der Waals surface area contributed by atoms with Gasteiger partial charge in [-0.15, -0.1) is 0 Å². The minimum absolute atomic E-state index is 0.0942. The van der Waals surface area contributed by atoms with Crippen molar-refractivity contribution < 1.29 is 19.2 Å². The Labute approximate surface area is 258 Å². The van der Waals surface area contributed by atoms with Gasteiger partial charge < -0.3 is 26.2 Å². The number of hydrogen-bond donors (Lipinski definition) is 3. The molecule has 44 heavy (non-hydrogen) atoms. The fraction of sp³-hybridized carbons (Fsp3) is 0.382. The highest BCUT2D eigenvalue weighted by molar-refractivity contribution is 5.96. The number of nitrogens with two attached hydrogens (primary N) is 1. The molecule has 0 aliphatic carbocycles. The highest BCUT2D eigenvalue weighted by Crippen LogP contribution is 2.38. The van der Waals surface area contributed by atoms with E-state index in [9.17, 15) is 19.2 Å². The van der Waals surface area contributed by atoms with E-state index in [0.29, 0.717) is 25.9 Å². The second kappa shape index (κ2) is 13.8. The number of benzene rings is 2. The second-order valence-electron chi connectivity index (χ2n) is 11.7. The number of carbonyl (C=O) groups excluding carboxylic acids is 4. The van der Waals surface area contributed by atoms with Gasteiger partial charge in [0.2, 0.25) is 23.6 Å². The van der Waals surface area contributed by atoms with E-state index in [1.807, 2.05) is 66.7 Å². The van der Waals surface area contributed by atoms with Crippen molar-refractivity contribution in [1.82, 2.24) is 25.4 Å². The summed E-state index contributed by atoms with van der Waals surface area (Å²) in [4.78, 5) is 62.3. The molecule has 4 amide bonds. The summed E-state index contributed by atoms with van der Waals surface area (Å²) < 4.78 is 0. The standard InChI is InChI=1S/C34H40N6O4/c1-22(35)31(41)38-28(18-23-10-9-16-37-20-23)33(43)40-21-26(24-11-5-3-6-12-24)19-29(40)34(44)39-17-15-27(30(39)32(42)36-2)25-13-7-4-8-14-25/h3-14,16,20,22,26-30H,15,17-19,21,35H2,1-2H3,(H,36,42)(H,38,41)/t22-,26-,27-,28-,29-,30-/m0/s1. The molecule has 5 rings (SSSR count). The predicted molar refractivity (Wildman–Crippen MR) is 166 cm³/mol. The van der Waals surface area contributed by atoms with Crippen LogP contribution in [0.5, 0.6) is 0 Å². The summed E-state index contributed by atoms with van der Waals surface area (Å²) in [6.45, 7) is 2.26. The molecule has 2 aromatic carbocycles. The van der Waals surface area contributed by atoms with Crippen LogP contribution in [-0.2, 0) is 25.6 Å². The first kappa shape index (κ1) is 30.9. The smallest absolute Gasteiger partial charge is 0.246 e. The predicted octanol–water partition coefficient (Wildman–Crippen LogP) is 1.97. The highest BCUT2D eigenvalue weighted by atomic mass is 16.2. The summed E-state index contributed by atoms with van der Waals surface area (Å²) in [5.41, 5.74) is 8.64. The van der Waals surface area contributed by atoms with Crippen LogP contribution in [0.25, 0.3) is 0 Å². The third kappa shape index (κ3) is 6.65. The average Bonchev–Trinajstić information content (AvgIpc) is 3.71. The van der Waals surface area contributed by atoms with Gasteiger partial charge in [0.15, 0.2) is 0 Å². The molecule has 2 saturated heterocycles. The van der Waals surface area contributed by atoms with Gasteiger partial charge in [-0.05, 0) is 42.5 Å². The zero-order chi connectivity index (χ0) is 31.2. The number of likely N-dealkylation sites (tertiary alicyclic amines) is 2. The molecule has 2 aliphatic rings. The lowest BCUT2D eigenvalue weighted by molar-refractivity contribution is -0.148. The molecule has 6 atom stereocenters. The Hall–Kier alpha value is -4.57. The molecule has 0 spiro atoms. The largest absolute Gasteiger partial charge is 0.357 e. The lowest BCUT2D eigenvalue weighted by Gasteiger charge is -2.34. The van der Waals surface area contributed by atoms with Gasteiger partial charge in [0.1, 0.15) is 18.1 Å². The van der Waals surface area contributed by atoms with Crippen molar-refractivity contribution >= 4 is 23.6 Å². The number of nitrogens with one attached hydrogen (secondary N) is 2. The quantitative estimate of drug-likeness (QED) is 0.346. The third-order valence-electron chi connectivity index (χ3n) is 8.75. The van der Waals surface area contributed by atoms with Crippen molar-refractivity contribution in [3.05, 3.63) is 102 Å². The lowest BCUT2D eigenvalue weighted by atomic mass is 9.91. The Morgan fingerprint density at radius 1 is 0.955 bits per heavy atom. The van der Waals surface area contributed by atoms with Gasteiger partial charge in [-0.25, -0.2) is 0 Å². The molecule has 0 unspecified atom stereocenters. The van der Waals surface area contributed by atoms with Crippen LogP contribution in [-0.4, -0.2) is 82.7 Å². The van der Waals surface area contributed by atoms with Gasteiger partial charge >= 0.3 is 0 Å². The summed E-state index contributed by atoms with van der Waals surface area (Å²) in [5, 5.41) is 5.57. The zero-order valence-electron chi connectivity index (χ0n) is 25.1. The van der Waals surface area contributed by atoms with Crippen LogP contribution in [0.1, 0.15) is 48.3 Å². The van der Waals surface area contributed by atoms with E-state index in [0.717, 1.165) is 16.7 Å². The number of carbonyl (C=O) groups is 4. The number of pyridine rings is 1. The molecule has 10 nitrogen and oxygen atoms in total. The molecule has 10 heteroatoms. The summed E-state index contributed by atoms with van der Waals surface area (Å²) in [6, 6.07) is 19.9. The molecule has 4 N–H and O–H groups in total. The topological polar surface area (TPSA) is 138 Å². The van der Waals surface area contributed by atoms with Gasteiger partial charge in [-0.2, -0.15) is 0 Å². The van der Waals surface area contributed by atoms with Gasteiger partial charge in [-0.3, -0.25) is 24.2 Å². The highest BCUT2D eigenvalue weighted by Gasteiger charge is 2.49. The van der Waals surface area contributed by atoms with Crippen molar-refractivity contribution in [1.29, 1.82) is 0 Å². The van der Waals surface area contributed by atoms with Gasteiger partial charge in [-0.1, -0.05) is 66.7 Å². The number of nitrogens with zero attached hydrogens (tertiary/aromatic N) is 3. The van der Waals surface area contributed by atoms with Crippen LogP contribution in [0.4, 0.5) is 0 Å². The molecule has 0 bridgehead atoms. The molecule has 3 heterocycles. The molecule has 0 radical (unpaired) electrons. The molecule has 2 aliphatic heterocycles. The van der Waals surface area contributed by atoms with Crippen LogP contribution in [0.15, 0.2) is 85.2 Å². The Morgan fingerprint density at radius 2 is 1.64 bits per heavy atom. The average molecular weight is 597 g/mol. The van der Waals surface area contributed by atoms with Crippen LogP contribution in [0.2, 0.25) is 0 Å². The van der Waals surface area contributed by atoms with Gasteiger partial charge in [0, 0.05) is 50.8 Å². The fourth-order valence-corrected chi connectivity index (χ4v) is 6.49. The summed E-state index contributed by atoms with van der Waals surface area (Å²) in [6.07, 6.45) is 4.52. The zero-order valence-corrected chi connectivity index (χ0v) is 25.1. The number of amides is 4. The SMILES string of the molecule is CNC(=O)[C@@H]1[C@H](c2ccccc2)CCN1C(=O)[C@@H]1C[C@H](c2ccccc2)CN1C(=O)[C@H](Cc1cccnc1)NC(=O)[C@H](C)N. The van der Waals surface area contributed by atoms with E-state index in [-0.39, 0.29) is 36.0 Å². The van der Waals surface area contributed by atoms with Crippen LogP contribution in [0, 0.1) is 0 Å². The number of rotatable bonds is 9. The molecular formula is C34H40N6O4. The van der Waals surface area contributed by atoms with Crippen molar-refractivity contribution in [2.75, 3.05) is 20.1 Å². The number of aromatic nitrogens is 1. The first-order valence-corrected chi connectivity index (χ1v) is 15.2. The molecule has 230 valence electrons. The van der Waals surface area contributed by atoms with E-state index in [4.69, 9.17) is 5.73 Å². The van der Waals surface area contributed by atoms with Gasteiger partial charge in [0.05, 0.1) is 6.04 Å². The first-order valence-electron chi connectivity index (χ1n) is 15.2. The normalized spacial score (nSPS) is 22.7. The van der Waals surface area contributed by atoms with Crippen molar-refractivity contribution in [2.24, 2.45) is 5.73 Å². The molecule has 2 fully saturated rings. The van der Waals surface area contributed by atoms with Crippen LogP contribution >= 0.6 is 0 Å². The first-order chi connectivity index (χ1) is 21.3. The minimum atomic E-state index is -0.951. The van der Waals surface area contributed by atoms with E-state index < -0.39 is 30.1 Å². The van der Waals surface area contributed by atoms with Gasteiger partial charge in [0.25, 0.3) is 0 Å². The van der Waals surface area contributed by atoms with E-state index in [1.165, 1.54) is 0 Å². The molecule has 0 saturated carbocycles. The molecular weight excluding hydrogens is 556 g/mol. The monoisotopic (exact) mass is 596 g/mol. The summed E-state index contributed by atoms with van der Waals surface area (Å²) >= 11 is 0. The van der Waals surface area contributed by atoms with Crippen LogP contribution < -0.4 is 16.4 Å². The Balaban J connectivity index is 1.48. The van der Waals surface area contributed by atoms with Crippen LogP contribution in [0.3, 0.4) is 0 Å². The maximum atomic E-state index is 14.5. The maximum Gasteiger partial charge on any atom is 0.246 e. The van der Waals surface area contributed by atoms with E-state index in [1.54, 1.807) is 42.2 Å². The number of likely N-dealkylation sites (N-methyl/N-ethyl adjacent to an activating group) is 1. The minimum Gasteiger partial charge on any atom is -0.357 e. The fourth-order valence-electron chi connectivity index (χ4n) is 6.49. The van der Waals surface area contributed by atoms with Crippen molar-refractivity contribution in [3.8, 4) is 0 Å². The lowest BCUT2D eigenvalue weighted by Crippen LogP contribution is -2.57. The Morgan fingerprint density at radius 3 is 2.25 bits per heavy atom. The Bertz CT molecular complexity index is 1450. The maximum absolute atomic E-state index is 14.5. The summed E-state index contributed by atoms with van der Waals surface area (Å²) in [7, 11) is 1.58.